The number of rotatable bonds is 8. The van der Waals surface area contributed by atoms with Crippen LogP contribution in [-0.2, 0) is 4.79 Å². The van der Waals surface area contributed by atoms with Gasteiger partial charge >= 0.3 is 0 Å². The topological polar surface area (TPSA) is 69.1 Å². The smallest absolute Gasteiger partial charge is 0.228 e. The molecule has 1 aliphatic heterocycles. The van der Waals surface area contributed by atoms with Gasteiger partial charge in [-0.1, -0.05) is 12.1 Å². The fourth-order valence-corrected chi connectivity index (χ4v) is 4.51. The number of hydrazine groups is 1. The van der Waals surface area contributed by atoms with Crippen LogP contribution in [0.3, 0.4) is 0 Å². The predicted octanol–water partition coefficient (Wildman–Crippen LogP) is 2.68. The van der Waals surface area contributed by atoms with Gasteiger partial charge in [0.15, 0.2) is 0 Å². The van der Waals surface area contributed by atoms with Crippen LogP contribution in [0.15, 0.2) is 42.5 Å². The third-order valence-electron chi connectivity index (χ3n) is 5.23. The Morgan fingerprint density at radius 2 is 2.03 bits per heavy atom. The molecule has 2 aromatic carbocycles. The average Bonchev–Trinajstić information content (AvgIpc) is 3.14. The molecule has 1 aromatic heterocycles. The number of piperazine rings is 1. The van der Waals surface area contributed by atoms with E-state index in [9.17, 15) is 14.3 Å². The number of anilines is 1. The Morgan fingerprint density at radius 3 is 2.77 bits per heavy atom. The first-order chi connectivity index (χ1) is 15.0. The monoisotopic (exact) mass is 444 g/mol. The van der Waals surface area contributed by atoms with Gasteiger partial charge in [0.1, 0.15) is 24.3 Å². The van der Waals surface area contributed by atoms with Crippen molar-refractivity contribution >= 4 is 33.7 Å². The van der Waals surface area contributed by atoms with Gasteiger partial charge in [-0.15, -0.1) is 11.3 Å². The third kappa shape index (κ3) is 5.19. The van der Waals surface area contributed by atoms with Crippen molar-refractivity contribution in [3.05, 3.63) is 53.3 Å². The number of thiazole rings is 1. The van der Waals surface area contributed by atoms with Crippen LogP contribution in [0.5, 0.6) is 5.75 Å². The third-order valence-corrected chi connectivity index (χ3v) is 6.18. The second-order valence-corrected chi connectivity index (χ2v) is 8.72. The van der Waals surface area contributed by atoms with Crippen LogP contribution >= 0.6 is 11.3 Å². The van der Waals surface area contributed by atoms with E-state index >= 15 is 0 Å². The summed E-state index contributed by atoms with van der Waals surface area (Å²) >= 11 is 1.64. The van der Waals surface area contributed by atoms with Gasteiger partial charge in [-0.25, -0.2) is 19.4 Å². The maximum absolute atomic E-state index is 14.1. The number of aromatic nitrogens is 1. The summed E-state index contributed by atoms with van der Waals surface area (Å²) in [5, 5.41) is 14.6. The molecule has 0 saturated carbocycles. The number of carbonyl (C=O) groups is 1. The molecule has 0 unspecified atom stereocenters. The zero-order valence-corrected chi connectivity index (χ0v) is 18.1. The quantitative estimate of drug-likeness (QED) is 0.539. The lowest BCUT2D eigenvalue weighted by molar-refractivity contribution is -0.110. The number of aryl methyl sites for hydroxylation is 1. The number of amides is 1. The Bertz CT molecular complexity index is 1040. The standard InChI is InChI=1S/C22H25FN4O3S/c1-16-24-20-12-18(6-7-22(20)31-16)30-14-17(29)13-25-8-10-26(11-9-25)27(15-28)21-5-3-2-4-19(21)23/h2-7,12,15,17,29H,8-11,13-14H2,1H3/t17-/m1/s1. The first-order valence-electron chi connectivity index (χ1n) is 10.2. The molecular weight excluding hydrogens is 419 g/mol. The van der Waals surface area contributed by atoms with E-state index in [-0.39, 0.29) is 12.3 Å². The highest BCUT2D eigenvalue weighted by atomic mass is 32.1. The number of β-amino-alcohol motifs (C(OH)–C–C–N with tert-alkyl or cyclic N) is 1. The van der Waals surface area contributed by atoms with E-state index in [0.717, 1.165) is 15.2 Å². The van der Waals surface area contributed by atoms with Gasteiger partial charge < -0.3 is 9.84 Å². The van der Waals surface area contributed by atoms with Gasteiger partial charge in [0.05, 0.1) is 20.9 Å². The van der Waals surface area contributed by atoms with E-state index in [2.05, 4.69) is 9.88 Å². The zero-order chi connectivity index (χ0) is 21.8. The Balaban J connectivity index is 1.26. The van der Waals surface area contributed by atoms with Gasteiger partial charge in [0.25, 0.3) is 0 Å². The Morgan fingerprint density at radius 1 is 1.26 bits per heavy atom. The van der Waals surface area contributed by atoms with Crippen molar-refractivity contribution in [2.24, 2.45) is 0 Å². The van der Waals surface area contributed by atoms with E-state index in [1.165, 1.54) is 11.1 Å². The second-order valence-electron chi connectivity index (χ2n) is 7.48. The SMILES string of the molecule is Cc1nc2cc(OC[C@H](O)CN3CCN(N(C=O)c4ccccc4F)CC3)ccc2s1. The summed E-state index contributed by atoms with van der Waals surface area (Å²) in [6.07, 6.45) is -0.00889. The number of aliphatic hydroxyl groups is 1. The fraction of sp³-hybridized carbons (Fsp3) is 0.364. The molecular formula is C22H25FN4O3S. The average molecular weight is 445 g/mol. The summed E-state index contributed by atoms with van der Waals surface area (Å²) in [7, 11) is 0. The molecule has 0 bridgehead atoms. The van der Waals surface area contributed by atoms with Crippen LogP contribution in [-0.4, -0.2) is 71.8 Å². The molecule has 0 aliphatic carbocycles. The molecule has 1 N–H and O–H groups in total. The van der Waals surface area contributed by atoms with Gasteiger partial charge in [0.2, 0.25) is 6.41 Å². The number of aliphatic hydroxyl groups excluding tert-OH is 1. The number of ether oxygens (including phenoxy) is 1. The summed E-state index contributed by atoms with van der Waals surface area (Å²) < 4.78 is 20.9. The number of carbonyl (C=O) groups excluding carboxylic acids is 1. The molecule has 4 rings (SSSR count). The van der Waals surface area contributed by atoms with Crippen molar-refractivity contribution in [2.45, 2.75) is 13.0 Å². The number of para-hydroxylation sites is 1. The van der Waals surface area contributed by atoms with E-state index < -0.39 is 11.9 Å². The second kappa shape index (κ2) is 9.69. The van der Waals surface area contributed by atoms with Crippen LogP contribution in [0, 0.1) is 12.7 Å². The lowest BCUT2D eigenvalue weighted by Crippen LogP contribution is -2.55. The molecule has 3 aromatic rings. The van der Waals surface area contributed by atoms with Gasteiger partial charge in [-0.05, 0) is 31.2 Å². The molecule has 0 radical (unpaired) electrons. The minimum atomic E-state index is -0.645. The molecule has 1 aliphatic rings. The number of nitrogens with zero attached hydrogens (tertiary/aromatic N) is 4. The molecule has 1 atom stereocenters. The van der Waals surface area contributed by atoms with Crippen molar-refractivity contribution in [3.63, 3.8) is 0 Å². The van der Waals surface area contributed by atoms with Crippen LogP contribution in [0.1, 0.15) is 5.01 Å². The van der Waals surface area contributed by atoms with E-state index in [1.54, 1.807) is 29.5 Å². The van der Waals surface area contributed by atoms with E-state index in [4.69, 9.17) is 4.74 Å². The summed E-state index contributed by atoms with van der Waals surface area (Å²) in [4.78, 5) is 18.1. The van der Waals surface area contributed by atoms with Crippen molar-refractivity contribution in [2.75, 3.05) is 44.3 Å². The molecule has 7 nitrogen and oxygen atoms in total. The number of hydrogen-bond acceptors (Lipinski definition) is 7. The normalized spacial score (nSPS) is 16.4. The Hall–Kier alpha value is -2.59. The van der Waals surface area contributed by atoms with Crippen LogP contribution < -0.4 is 9.75 Å². The first-order valence-corrected chi connectivity index (χ1v) is 11.0. The van der Waals surface area contributed by atoms with E-state index in [1.807, 2.05) is 30.1 Å². The van der Waals surface area contributed by atoms with Gasteiger partial charge in [0, 0.05) is 38.8 Å². The minimum absolute atomic E-state index is 0.185. The van der Waals surface area contributed by atoms with Crippen molar-refractivity contribution in [1.82, 2.24) is 14.9 Å². The van der Waals surface area contributed by atoms with Crippen molar-refractivity contribution < 1.29 is 19.0 Å². The van der Waals surface area contributed by atoms with Crippen LogP contribution in [0.2, 0.25) is 0 Å². The summed E-state index contributed by atoms with van der Waals surface area (Å²) in [5.41, 5.74) is 1.15. The minimum Gasteiger partial charge on any atom is -0.491 e. The maximum Gasteiger partial charge on any atom is 0.228 e. The molecule has 31 heavy (non-hydrogen) atoms. The van der Waals surface area contributed by atoms with E-state index in [0.29, 0.717) is 44.9 Å². The number of halogens is 1. The van der Waals surface area contributed by atoms with Crippen molar-refractivity contribution in [3.8, 4) is 5.75 Å². The molecule has 1 saturated heterocycles. The fourth-order valence-electron chi connectivity index (χ4n) is 3.70. The summed E-state index contributed by atoms with van der Waals surface area (Å²) in [6, 6.07) is 12.0. The highest BCUT2D eigenvalue weighted by molar-refractivity contribution is 7.18. The molecule has 0 spiro atoms. The highest BCUT2D eigenvalue weighted by Crippen LogP contribution is 2.25. The lowest BCUT2D eigenvalue weighted by Gasteiger charge is -2.39. The lowest BCUT2D eigenvalue weighted by atomic mass is 10.2. The predicted molar refractivity (Wildman–Crippen MR) is 119 cm³/mol. The molecule has 9 heteroatoms. The van der Waals surface area contributed by atoms with Crippen LogP contribution in [0.25, 0.3) is 10.2 Å². The molecule has 164 valence electrons. The number of benzene rings is 2. The molecule has 1 fully saturated rings. The summed E-state index contributed by atoms with van der Waals surface area (Å²) in [6.45, 7) is 5.04. The Labute approximate surface area is 184 Å². The van der Waals surface area contributed by atoms with Gasteiger partial charge in [-0.3, -0.25) is 9.69 Å². The van der Waals surface area contributed by atoms with Crippen LogP contribution in [0.4, 0.5) is 10.1 Å². The highest BCUT2D eigenvalue weighted by Gasteiger charge is 2.25. The summed E-state index contributed by atoms with van der Waals surface area (Å²) in [5.74, 6) is 0.254. The van der Waals surface area contributed by atoms with Crippen molar-refractivity contribution in [1.29, 1.82) is 0 Å². The molecule has 2 heterocycles. The maximum atomic E-state index is 14.1. The largest absolute Gasteiger partial charge is 0.491 e. The number of hydrogen-bond donors (Lipinski definition) is 1. The first kappa shape index (κ1) is 21.6. The number of fused-ring (bicyclic) bond motifs is 1. The zero-order valence-electron chi connectivity index (χ0n) is 17.3. The molecule has 1 amide bonds. The Kier molecular flexibility index (Phi) is 6.77. The van der Waals surface area contributed by atoms with Gasteiger partial charge in [-0.2, -0.15) is 0 Å².